The van der Waals surface area contributed by atoms with Crippen LogP contribution in [0.3, 0.4) is 0 Å². The fraction of sp³-hybridized carbons (Fsp3) is 0.600. The maximum absolute atomic E-state index is 12.7. The number of benzene rings is 1. The summed E-state index contributed by atoms with van der Waals surface area (Å²) in [6, 6.07) is 5.38. The lowest BCUT2D eigenvalue weighted by molar-refractivity contribution is -0.121. The maximum atomic E-state index is 12.7. The normalized spacial score (nSPS) is 17.9. The number of ether oxygens (including phenoxy) is 1. The molecule has 148 valence electrons. The number of carbonyl (C=O) groups excluding carboxylic acids is 2. The van der Waals surface area contributed by atoms with Gasteiger partial charge in [-0.1, -0.05) is 18.5 Å². The summed E-state index contributed by atoms with van der Waals surface area (Å²) in [6.07, 6.45) is 4.42. The molecule has 1 aromatic rings. The van der Waals surface area contributed by atoms with Crippen molar-refractivity contribution < 1.29 is 14.3 Å². The Morgan fingerprint density at radius 3 is 2.48 bits per heavy atom. The molecule has 7 heteroatoms. The van der Waals surface area contributed by atoms with Crippen LogP contribution in [0.4, 0.5) is 10.5 Å². The fourth-order valence-corrected chi connectivity index (χ4v) is 3.79. The van der Waals surface area contributed by atoms with Crippen molar-refractivity contribution in [3.8, 4) is 5.75 Å². The Bertz CT molecular complexity index is 668. The summed E-state index contributed by atoms with van der Waals surface area (Å²) in [7, 11) is 0. The zero-order valence-corrected chi connectivity index (χ0v) is 16.6. The molecular weight excluding hydrogens is 366 g/mol. The quantitative estimate of drug-likeness (QED) is 0.822. The number of piperidine rings is 1. The molecule has 6 nitrogen and oxygen atoms in total. The third-order valence-corrected chi connectivity index (χ3v) is 5.41. The van der Waals surface area contributed by atoms with Crippen molar-refractivity contribution in [2.24, 2.45) is 5.92 Å². The first-order valence-corrected chi connectivity index (χ1v) is 10.2. The van der Waals surface area contributed by atoms with Crippen molar-refractivity contribution >= 4 is 29.2 Å². The highest BCUT2D eigenvalue weighted by Gasteiger charge is 2.30. The van der Waals surface area contributed by atoms with E-state index in [9.17, 15) is 9.59 Å². The van der Waals surface area contributed by atoms with E-state index < -0.39 is 0 Å². The lowest BCUT2D eigenvalue weighted by Gasteiger charge is -2.34. The largest absolute Gasteiger partial charge is 0.491 e. The van der Waals surface area contributed by atoms with E-state index in [1.165, 1.54) is 0 Å². The first-order chi connectivity index (χ1) is 13.1. The second-order valence-corrected chi connectivity index (χ2v) is 7.65. The molecule has 2 aliphatic heterocycles. The molecule has 3 amide bonds. The Hall–Kier alpha value is -1.95. The Kier molecular flexibility index (Phi) is 6.83. The number of hydrogen-bond donors (Lipinski definition) is 1. The van der Waals surface area contributed by atoms with Crippen LogP contribution in [-0.2, 0) is 4.79 Å². The minimum Gasteiger partial charge on any atom is -0.491 e. The van der Waals surface area contributed by atoms with Gasteiger partial charge in [-0.25, -0.2) is 4.79 Å². The summed E-state index contributed by atoms with van der Waals surface area (Å²) in [5.41, 5.74) is 0.608. The third-order valence-electron chi connectivity index (χ3n) is 5.17. The van der Waals surface area contributed by atoms with E-state index >= 15 is 0 Å². The molecule has 0 aliphatic carbocycles. The van der Waals surface area contributed by atoms with Crippen LogP contribution >= 0.6 is 11.6 Å². The third kappa shape index (κ3) is 5.06. The van der Waals surface area contributed by atoms with E-state index in [2.05, 4.69) is 5.32 Å². The summed E-state index contributed by atoms with van der Waals surface area (Å²) in [4.78, 5) is 29.0. The molecule has 0 spiro atoms. The molecule has 0 aromatic heterocycles. The van der Waals surface area contributed by atoms with Crippen LogP contribution in [0, 0.1) is 5.92 Å². The topological polar surface area (TPSA) is 61.9 Å². The van der Waals surface area contributed by atoms with E-state index in [-0.39, 0.29) is 17.9 Å². The monoisotopic (exact) mass is 393 g/mol. The van der Waals surface area contributed by atoms with Crippen LogP contribution in [0.2, 0.25) is 5.02 Å². The number of hydrogen-bond acceptors (Lipinski definition) is 3. The van der Waals surface area contributed by atoms with E-state index in [1.807, 2.05) is 16.7 Å². The lowest BCUT2D eigenvalue weighted by Crippen LogP contribution is -2.47. The highest BCUT2D eigenvalue weighted by Crippen LogP contribution is 2.30. The molecule has 27 heavy (non-hydrogen) atoms. The summed E-state index contributed by atoms with van der Waals surface area (Å²) in [5.74, 6) is 0.494. The van der Waals surface area contributed by atoms with Gasteiger partial charge in [0.15, 0.2) is 0 Å². The van der Waals surface area contributed by atoms with E-state index in [4.69, 9.17) is 16.3 Å². The average molecular weight is 394 g/mol. The van der Waals surface area contributed by atoms with Gasteiger partial charge in [-0.05, 0) is 50.3 Å². The number of amides is 3. The van der Waals surface area contributed by atoms with Crippen LogP contribution in [-0.4, -0.2) is 54.5 Å². The molecular formula is C20H28ClN3O3. The minimum absolute atomic E-state index is 0.0353. The summed E-state index contributed by atoms with van der Waals surface area (Å²) >= 11 is 6.08. The summed E-state index contributed by atoms with van der Waals surface area (Å²) < 4.78 is 5.70. The first kappa shape index (κ1) is 19.8. The minimum atomic E-state index is -0.106. The van der Waals surface area contributed by atoms with E-state index in [1.54, 1.807) is 18.2 Å². The lowest BCUT2D eigenvalue weighted by atomic mass is 9.96. The molecule has 2 aliphatic rings. The molecule has 0 unspecified atom stereocenters. The van der Waals surface area contributed by atoms with Crippen LogP contribution < -0.4 is 10.1 Å². The molecule has 0 saturated carbocycles. The van der Waals surface area contributed by atoms with E-state index in [0.717, 1.165) is 32.4 Å². The van der Waals surface area contributed by atoms with Crippen molar-refractivity contribution in [2.75, 3.05) is 38.1 Å². The smallest absolute Gasteiger partial charge is 0.319 e. The molecule has 2 fully saturated rings. The molecule has 0 bridgehead atoms. The number of nitrogens with zero attached hydrogens (tertiary/aromatic N) is 2. The number of rotatable bonds is 5. The number of anilines is 1. The van der Waals surface area contributed by atoms with Gasteiger partial charge in [-0.15, -0.1) is 0 Å². The Balaban J connectivity index is 1.55. The number of nitrogens with one attached hydrogen (secondary N) is 1. The van der Waals surface area contributed by atoms with Gasteiger partial charge in [-0.2, -0.15) is 0 Å². The Morgan fingerprint density at radius 1 is 1.15 bits per heavy atom. The molecule has 2 saturated heterocycles. The van der Waals surface area contributed by atoms with Gasteiger partial charge < -0.3 is 19.9 Å². The highest BCUT2D eigenvalue weighted by molar-refractivity contribution is 6.31. The van der Waals surface area contributed by atoms with Crippen LogP contribution in [0.1, 0.15) is 39.0 Å². The van der Waals surface area contributed by atoms with Crippen molar-refractivity contribution in [1.82, 2.24) is 9.80 Å². The molecule has 0 radical (unpaired) electrons. The molecule has 1 N–H and O–H groups in total. The zero-order chi connectivity index (χ0) is 19.2. The van der Waals surface area contributed by atoms with Crippen LogP contribution in [0.5, 0.6) is 5.75 Å². The van der Waals surface area contributed by atoms with Crippen LogP contribution in [0.25, 0.3) is 0 Å². The SMILES string of the molecule is CCCOc1ccc(Cl)cc1NC(=O)C1CCN(C(=O)N2CCCC2)CC1. The van der Waals surface area contributed by atoms with Gasteiger partial charge in [0.2, 0.25) is 5.91 Å². The second-order valence-electron chi connectivity index (χ2n) is 7.22. The van der Waals surface area contributed by atoms with Gasteiger partial charge in [0, 0.05) is 37.1 Å². The van der Waals surface area contributed by atoms with Crippen molar-refractivity contribution in [2.45, 2.75) is 39.0 Å². The van der Waals surface area contributed by atoms with Crippen molar-refractivity contribution in [3.63, 3.8) is 0 Å². The van der Waals surface area contributed by atoms with Gasteiger partial charge in [0.25, 0.3) is 0 Å². The maximum Gasteiger partial charge on any atom is 0.319 e. The fourth-order valence-electron chi connectivity index (χ4n) is 3.61. The second kappa shape index (κ2) is 9.31. The van der Waals surface area contributed by atoms with Gasteiger partial charge >= 0.3 is 6.03 Å². The first-order valence-electron chi connectivity index (χ1n) is 9.85. The van der Waals surface area contributed by atoms with Gasteiger partial charge in [-0.3, -0.25) is 4.79 Å². The van der Waals surface area contributed by atoms with Crippen molar-refractivity contribution in [1.29, 1.82) is 0 Å². The van der Waals surface area contributed by atoms with Crippen LogP contribution in [0.15, 0.2) is 18.2 Å². The number of carbonyl (C=O) groups is 2. The average Bonchev–Trinajstić information content (AvgIpc) is 3.22. The molecule has 3 rings (SSSR count). The number of likely N-dealkylation sites (tertiary alicyclic amines) is 2. The number of halogens is 1. The Morgan fingerprint density at radius 2 is 1.81 bits per heavy atom. The summed E-state index contributed by atoms with van der Waals surface area (Å²) in [5, 5.41) is 3.52. The highest BCUT2D eigenvalue weighted by atomic mass is 35.5. The van der Waals surface area contributed by atoms with Gasteiger partial charge in [0.05, 0.1) is 12.3 Å². The zero-order valence-electron chi connectivity index (χ0n) is 15.9. The predicted molar refractivity (Wildman–Crippen MR) is 106 cm³/mol. The molecule has 1 aromatic carbocycles. The Labute approximate surface area is 165 Å². The molecule has 2 heterocycles. The standard InChI is InChI=1S/C20H28ClN3O3/c1-2-13-27-18-6-5-16(21)14-17(18)22-19(25)15-7-11-24(12-8-15)20(26)23-9-3-4-10-23/h5-6,14-15H,2-4,7-13H2,1H3,(H,22,25). The molecule has 0 atom stereocenters. The number of urea groups is 1. The van der Waals surface area contributed by atoms with Crippen molar-refractivity contribution in [3.05, 3.63) is 23.2 Å². The predicted octanol–water partition coefficient (Wildman–Crippen LogP) is 4.00. The van der Waals surface area contributed by atoms with E-state index in [0.29, 0.717) is 49.0 Å². The van der Waals surface area contributed by atoms with Gasteiger partial charge in [0.1, 0.15) is 5.75 Å². The summed E-state index contributed by atoms with van der Waals surface area (Å²) in [6.45, 7) is 5.58.